The van der Waals surface area contributed by atoms with Crippen molar-refractivity contribution in [1.29, 1.82) is 0 Å². The third kappa shape index (κ3) is 2.07. The Hall–Kier alpha value is -1.58. The molecule has 2 aliphatic rings. The highest BCUT2D eigenvalue weighted by atomic mass is 35.5. The molecule has 1 saturated heterocycles. The van der Waals surface area contributed by atoms with Gasteiger partial charge in [0.2, 0.25) is 0 Å². The van der Waals surface area contributed by atoms with Crippen molar-refractivity contribution < 1.29 is 5.48 Å². The first-order chi connectivity index (χ1) is 10.9. The molecule has 1 fully saturated rings. The van der Waals surface area contributed by atoms with Crippen molar-refractivity contribution >= 4 is 18.2 Å². The average molecular weight is 292 g/mol. The van der Waals surface area contributed by atoms with E-state index in [-0.39, 0.29) is 18.4 Å². The van der Waals surface area contributed by atoms with E-state index in [1.54, 1.807) is 6.20 Å². The number of hydrogen-bond donors (Lipinski definition) is 1. The number of pyridine rings is 1. The number of fused-ring (bicyclic) bond motifs is 5. The Morgan fingerprint density at radius 3 is 3.00 bits per heavy atom. The summed E-state index contributed by atoms with van der Waals surface area (Å²) in [4.78, 5) is 5.92. The summed E-state index contributed by atoms with van der Waals surface area (Å²) in [5.74, 6) is 0.532. The molecule has 1 aromatic carbocycles. The number of rotatable bonds is 0. The molecule has 2 aliphatic heterocycles. The van der Waals surface area contributed by atoms with Gasteiger partial charge in [-0.3, -0.25) is 0 Å². The van der Waals surface area contributed by atoms with Crippen LogP contribution in [0, 0.1) is 0 Å². The summed E-state index contributed by atoms with van der Waals surface area (Å²) in [5.41, 5.74) is 3.08. The molecule has 104 valence electrons. The number of nitrogens with zero attached hydrogens (tertiary/aromatic N) is 2. The van der Waals surface area contributed by atoms with Gasteiger partial charge >= 0.3 is 0 Å². The number of nitrogens with one attached hydrogen (secondary N) is 1. The second-order valence-electron chi connectivity index (χ2n) is 4.87. The predicted octanol–water partition coefficient (Wildman–Crippen LogP) is 2.56. The van der Waals surface area contributed by atoms with E-state index in [9.17, 15) is 0 Å². The monoisotopic (exact) mass is 291 g/mol. The van der Waals surface area contributed by atoms with Crippen LogP contribution in [0.5, 0.6) is 0 Å². The molecule has 1 aromatic heterocycles. The average Bonchev–Trinajstić information content (AvgIpc) is 2.66. The van der Waals surface area contributed by atoms with Gasteiger partial charge in [-0.1, -0.05) is 30.3 Å². The molecular formula is C16H18ClN3. The van der Waals surface area contributed by atoms with E-state index >= 15 is 0 Å². The largest absolute Gasteiger partial charge is 0.347 e. The standard InChI is InChI=1S/C16H17N3.ClH/c1-2-6-14-12(4-1)10-13-5-3-7-18-16(13)19-9-8-17-11-15(14)19;/h1-7,15,17H,8-11H2;1H/i8D2,9D2;. The molecular weight excluding hydrogens is 270 g/mol. The minimum atomic E-state index is -2.21. The van der Waals surface area contributed by atoms with Crippen molar-refractivity contribution in [3.05, 3.63) is 59.3 Å². The summed E-state index contributed by atoms with van der Waals surface area (Å²) in [7, 11) is 0. The summed E-state index contributed by atoms with van der Waals surface area (Å²) < 4.78 is 33.0. The van der Waals surface area contributed by atoms with Gasteiger partial charge in [0.1, 0.15) is 5.82 Å². The molecule has 0 amide bonds. The molecule has 1 atom stereocenters. The fourth-order valence-electron chi connectivity index (χ4n) is 2.88. The van der Waals surface area contributed by atoms with Gasteiger partial charge in [0, 0.05) is 34.9 Å². The molecule has 4 rings (SSSR count). The van der Waals surface area contributed by atoms with Gasteiger partial charge < -0.3 is 10.2 Å². The molecule has 3 heterocycles. The summed E-state index contributed by atoms with van der Waals surface area (Å²) >= 11 is 0. The molecule has 4 heteroatoms. The summed E-state index contributed by atoms with van der Waals surface area (Å²) in [6, 6.07) is 11.5. The number of piperazine rings is 1. The zero-order valence-corrected chi connectivity index (χ0v) is 11.7. The first kappa shape index (κ1) is 9.37. The van der Waals surface area contributed by atoms with Crippen LogP contribution in [-0.4, -0.2) is 24.5 Å². The van der Waals surface area contributed by atoms with Crippen molar-refractivity contribution in [3.8, 4) is 0 Å². The van der Waals surface area contributed by atoms with Crippen LogP contribution in [0.4, 0.5) is 5.82 Å². The van der Waals surface area contributed by atoms with Crippen molar-refractivity contribution in [2.45, 2.75) is 12.5 Å². The lowest BCUT2D eigenvalue weighted by Gasteiger charge is -2.37. The fourth-order valence-corrected chi connectivity index (χ4v) is 2.88. The number of aromatic nitrogens is 1. The first-order valence-electron chi connectivity index (χ1n) is 8.48. The zero-order valence-electron chi connectivity index (χ0n) is 14.8. The normalized spacial score (nSPS) is 28.0. The third-order valence-corrected chi connectivity index (χ3v) is 3.76. The van der Waals surface area contributed by atoms with Crippen LogP contribution in [-0.2, 0) is 6.42 Å². The Morgan fingerprint density at radius 1 is 1.20 bits per heavy atom. The van der Waals surface area contributed by atoms with E-state index in [0.717, 1.165) is 16.7 Å². The van der Waals surface area contributed by atoms with Crippen LogP contribution in [0.2, 0.25) is 0 Å². The smallest absolute Gasteiger partial charge is 0.132 e. The highest BCUT2D eigenvalue weighted by Crippen LogP contribution is 2.36. The van der Waals surface area contributed by atoms with E-state index in [1.165, 1.54) is 4.90 Å². The van der Waals surface area contributed by atoms with Gasteiger partial charge in [-0.2, -0.15) is 0 Å². The van der Waals surface area contributed by atoms with E-state index in [4.69, 9.17) is 5.48 Å². The van der Waals surface area contributed by atoms with E-state index in [1.807, 2.05) is 30.3 Å². The second-order valence-corrected chi connectivity index (χ2v) is 4.87. The predicted molar refractivity (Wildman–Crippen MR) is 83.7 cm³/mol. The van der Waals surface area contributed by atoms with Crippen molar-refractivity contribution in [3.63, 3.8) is 0 Å². The van der Waals surface area contributed by atoms with Gasteiger partial charge in [0.05, 0.1) is 8.78 Å². The van der Waals surface area contributed by atoms with Crippen LogP contribution < -0.4 is 10.2 Å². The van der Waals surface area contributed by atoms with Crippen LogP contribution >= 0.6 is 12.4 Å². The maximum Gasteiger partial charge on any atom is 0.132 e. The number of hydrogen-bond acceptors (Lipinski definition) is 3. The number of benzene rings is 1. The van der Waals surface area contributed by atoms with E-state index in [0.29, 0.717) is 18.8 Å². The molecule has 3 nitrogen and oxygen atoms in total. The fraction of sp³-hybridized carbons (Fsp3) is 0.312. The van der Waals surface area contributed by atoms with Gasteiger partial charge in [-0.25, -0.2) is 4.98 Å². The summed E-state index contributed by atoms with van der Waals surface area (Å²) in [6.45, 7) is -4.03. The first-order valence-corrected chi connectivity index (χ1v) is 6.48. The molecule has 0 saturated carbocycles. The molecule has 2 aromatic rings. The van der Waals surface area contributed by atoms with Crippen LogP contribution in [0.3, 0.4) is 0 Å². The molecule has 0 aliphatic carbocycles. The van der Waals surface area contributed by atoms with Gasteiger partial charge in [0.15, 0.2) is 0 Å². The van der Waals surface area contributed by atoms with Crippen LogP contribution in [0.1, 0.15) is 28.2 Å². The van der Waals surface area contributed by atoms with Crippen LogP contribution in [0.25, 0.3) is 0 Å². The van der Waals surface area contributed by atoms with Crippen molar-refractivity contribution in [2.75, 3.05) is 24.4 Å². The lowest BCUT2D eigenvalue weighted by atomic mass is 9.96. The SMILES string of the molecule is Cl.[2H]C1([2H])NCC2c3ccccc3Cc3cccnc3N2C1([2H])[2H]. The number of halogens is 1. The van der Waals surface area contributed by atoms with Crippen molar-refractivity contribution in [1.82, 2.24) is 10.3 Å². The Kier molecular flexibility index (Phi) is 2.54. The van der Waals surface area contributed by atoms with Gasteiger partial charge in [-0.15, -0.1) is 12.4 Å². The molecule has 0 spiro atoms. The second kappa shape index (κ2) is 5.43. The molecule has 0 bridgehead atoms. The number of anilines is 1. The minimum absolute atomic E-state index is 0. The molecule has 1 N–H and O–H groups in total. The summed E-state index contributed by atoms with van der Waals surface area (Å²) in [5, 5.41) is 2.74. The lowest BCUT2D eigenvalue weighted by Crippen LogP contribution is -2.46. The van der Waals surface area contributed by atoms with Gasteiger partial charge in [0.25, 0.3) is 0 Å². The topological polar surface area (TPSA) is 28.2 Å². The zero-order chi connectivity index (χ0) is 16.2. The van der Waals surface area contributed by atoms with Crippen LogP contribution in [0.15, 0.2) is 42.6 Å². The Morgan fingerprint density at radius 2 is 2.05 bits per heavy atom. The maximum absolute atomic E-state index is 8.44. The molecule has 0 radical (unpaired) electrons. The maximum atomic E-state index is 8.44. The highest BCUT2D eigenvalue weighted by Gasteiger charge is 2.30. The van der Waals surface area contributed by atoms with Gasteiger partial charge in [-0.05, 0) is 22.8 Å². The third-order valence-electron chi connectivity index (χ3n) is 3.76. The lowest BCUT2D eigenvalue weighted by molar-refractivity contribution is 0.487. The highest BCUT2D eigenvalue weighted by molar-refractivity contribution is 5.85. The summed E-state index contributed by atoms with van der Waals surface area (Å²) in [6.07, 6.45) is 2.31. The Bertz CT molecular complexity index is 768. The molecule has 20 heavy (non-hydrogen) atoms. The molecule has 1 unspecified atom stereocenters. The Labute approximate surface area is 131 Å². The van der Waals surface area contributed by atoms with E-state index < -0.39 is 13.0 Å². The van der Waals surface area contributed by atoms with E-state index in [2.05, 4.69) is 16.4 Å². The Balaban J connectivity index is 0.00000169. The minimum Gasteiger partial charge on any atom is -0.347 e. The van der Waals surface area contributed by atoms with Crippen molar-refractivity contribution in [2.24, 2.45) is 0 Å². The quantitative estimate of drug-likeness (QED) is 0.808.